The molecule has 1 saturated heterocycles. The molecule has 0 amide bonds. The third kappa shape index (κ3) is 6.56. The van der Waals surface area contributed by atoms with Crippen LogP contribution in [-0.2, 0) is 24.5 Å². The number of hydrogen-bond donors (Lipinski definition) is 0. The van der Waals surface area contributed by atoms with Crippen LogP contribution in [0.25, 0.3) is 0 Å². The maximum atomic E-state index is 12.6. The maximum absolute atomic E-state index is 12.6. The van der Waals surface area contributed by atoms with Gasteiger partial charge in [0.15, 0.2) is 5.88 Å². The van der Waals surface area contributed by atoms with Crippen LogP contribution in [0.15, 0.2) is 120 Å². The van der Waals surface area contributed by atoms with E-state index >= 15 is 0 Å². The summed E-state index contributed by atoms with van der Waals surface area (Å²) >= 11 is 0. The molecule has 8 nitrogen and oxygen atoms in total. The molecule has 1 fully saturated rings. The van der Waals surface area contributed by atoms with Crippen LogP contribution >= 0.6 is 0 Å². The second kappa shape index (κ2) is 13.0. The molecule has 10 heteroatoms. The van der Waals surface area contributed by atoms with Crippen molar-refractivity contribution in [1.29, 1.82) is 0 Å². The molecule has 0 saturated carbocycles. The molecular weight excluding hydrogens is 539 g/mol. The van der Waals surface area contributed by atoms with Crippen molar-refractivity contribution in [3.05, 3.63) is 131 Å². The summed E-state index contributed by atoms with van der Waals surface area (Å²) in [6.45, 7) is 1.65. The molecule has 0 N–H and O–H groups in total. The zero-order valence-corrected chi connectivity index (χ0v) is 25.0. The van der Waals surface area contributed by atoms with E-state index in [0.717, 1.165) is 16.7 Å². The van der Waals surface area contributed by atoms with E-state index in [1.165, 1.54) is 6.92 Å². The first-order valence-electron chi connectivity index (χ1n) is 12.6. The predicted octanol–water partition coefficient (Wildman–Crippen LogP) is 1.86. The number of carbonyl (C=O) groups is 1. The summed E-state index contributed by atoms with van der Waals surface area (Å²) in [5, 5.41) is 2.88. The van der Waals surface area contributed by atoms with Crippen molar-refractivity contribution in [2.45, 2.75) is 30.7 Å². The van der Waals surface area contributed by atoms with Crippen molar-refractivity contribution in [1.82, 2.24) is 4.90 Å². The van der Waals surface area contributed by atoms with Crippen LogP contribution in [-0.4, -0.2) is 41.3 Å². The van der Waals surface area contributed by atoms with Crippen molar-refractivity contribution < 1.29 is 56.9 Å². The van der Waals surface area contributed by atoms with E-state index in [0.29, 0.717) is 11.6 Å². The molecular formula is C30H27N2NaO6S. The molecule has 0 spiro atoms. The Kier molecular flexibility index (Phi) is 9.65. The van der Waals surface area contributed by atoms with Gasteiger partial charge in [0.2, 0.25) is 0 Å². The molecule has 3 aromatic carbocycles. The molecule has 0 aliphatic carbocycles. The van der Waals surface area contributed by atoms with Gasteiger partial charge >= 0.3 is 35.5 Å². The second-order valence-electron chi connectivity index (χ2n) is 9.36. The number of nitrogens with zero attached hydrogens (tertiary/aromatic N) is 2. The summed E-state index contributed by atoms with van der Waals surface area (Å²) in [5.41, 5.74) is 3.31. The van der Waals surface area contributed by atoms with E-state index in [2.05, 4.69) is 5.16 Å². The van der Waals surface area contributed by atoms with Gasteiger partial charge in [0.25, 0.3) is 0 Å². The summed E-state index contributed by atoms with van der Waals surface area (Å²) in [4.78, 5) is 19.5. The third-order valence-corrected chi connectivity index (χ3v) is 8.05. The normalized spacial score (nSPS) is 21.5. The molecule has 3 atom stereocenters. The minimum Gasteiger partial charge on any atom is -0.748 e. The number of hydrogen-bond acceptors (Lipinski definition) is 8. The Bertz CT molecular complexity index is 1530. The van der Waals surface area contributed by atoms with Gasteiger partial charge in [-0.1, -0.05) is 96.2 Å². The fourth-order valence-electron chi connectivity index (χ4n) is 4.70. The molecule has 2 aliphatic heterocycles. The van der Waals surface area contributed by atoms with Crippen LogP contribution in [0.2, 0.25) is 0 Å². The maximum Gasteiger partial charge on any atom is 1.00 e. The fraction of sp³-hybridized carbons (Fsp3) is 0.200. The number of oxime groups is 1. The average molecular weight is 567 g/mol. The van der Waals surface area contributed by atoms with Crippen molar-refractivity contribution >= 4 is 21.8 Å². The molecule has 40 heavy (non-hydrogen) atoms. The van der Waals surface area contributed by atoms with E-state index in [1.54, 1.807) is 12.2 Å². The van der Waals surface area contributed by atoms with E-state index in [-0.39, 0.29) is 54.1 Å². The Morgan fingerprint density at radius 1 is 0.925 bits per heavy atom. The minimum absolute atomic E-state index is 0. The van der Waals surface area contributed by atoms with Crippen molar-refractivity contribution in [3.63, 3.8) is 0 Å². The summed E-state index contributed by atoms with van der Waals surface area (Å²) in [7, 11) is -4.46. The standard InChI is InChI=1S/C30H28N2O6S.Na/c1-21(39(34,35)36)19-20-32-26(18-17-25-27(31-38-30(25)33)22-11-5-2-6-12-22)37-29(24-15-9-4-10-16-24)28(32)23-13-7-3-8-14-23;/h2-18,21,28-29H,19-20H2,1H3,(H,34,35,36);/q;+1/p-1. The van der Waals surface area contributed by atoms with Crippen LogP contribution in [0, 0.1) is 0 Å². The van der Waals surface area contributed by atoms with Crippen molar-refractivity contribution in [3.8, 4) is 0 Å². The molecule has 200 valence electrons. The van der Waals surface area contributed by atoms with Crippen LogP contribution in [0.5, 0.6) is 0 Å². The summed E-state index contributed by atoms with van der Waals surface area (Å²) in [6, 6.07) is 28.4. The molecule has 0 bridgehead atoms. The van der Waals surface area contributed by atoms with Gasteiger partial charge in [-0.15, -0.1) is 0 Å². The van der Waals surface area contributed by atoms with Crippen molar-refractivity contribution in [2.24, 2.45) is 5.16 Å². The summed E-state index contributed by atoms with van der Waals surface area (Å²) < 4.78 is 41.5. The van der Waals surface area contributed by atoms with Gasteiger partial charge < -0.3 is 19.0 Å². The van der Waals surface area contributed by atoms with Gasteiger partial charge in [0.1, 0.15) is 11.8 Å². The Morgan fingerprint density at radius 3 is 2.10 bits per heavy atom. The first kappa shape index (κ1) is 29.8. The van der Waals surface area contributed by atoms with E-state index in [9.17, 15) is 17.8 Å². The number of carbonyl (C=O) groups excluding carboxylic acids is 1. The van der Waals surface area contributed by atoms with Gasteiger partial charge in [0.05, 0.1) is 21.7 Å². The van der Waals surface area contributed by atoms with E-state index < -0.39 is 27.4 Å². The Labute approximate surface area is 256 Å². The average Bonchev–Trinajstić information content (AvgIpc) is 3.51. The van der Waals surface area contributed by atoms with Gasteiger partial charge in [-0.2, -0.15) is 0 Å². The van der Waals surface area contributed by atoms with Crippen LogP contribution in [0.1, 0.15) is 42.2 Å². The van der Waals surface area contributed by atoms with Gasteiger partial charge in [0, 0.05) is 17.4 Å². The molecule has 2 aliphatic rings. The molecule has 3 aromatic rings. The predicted molar refractivity (Wildman–Crippen MR) is 145 cm³/mol. The number of rotatable bonds is 8. The Balaban J connectivity index is 0.00000370. The number of allylic oxidation sites excluding steroid dienone is 2. The third-order valence-electron chi connectivity index (χ3n) is 6.83. The van der Waals surface area contributed by atoms with Crippen LogP contribution in [0.4, 0.5) is 0 Å². The molecule has 5 rings (SSSR count). The minimum atomic E-state index is -4.46. The summed E-state index contributed by atoms with van der Waals surface area (Å²) in [6.07, 6.45) is 2.96. The van der Waals surface area contributed by atoms with Crippen molar-refractivity contribution in [2.75, 3.05) is 6.54 Å². The Hall–Kier alpha value is -3.21. The zero-order chi connectivity index (χ0) is 27.4. The molecule has 3 unspecified atom stereocenters. The first-order valence-corrected chi connectivity index (χ1v) is 14.0. The topological polar surface area (TPSA) is 108 Å². The zero-order valence-electron chi connectivity index (χ0n) is 22.2. The molecule has 0 radical (unpaired) electrons. The van der Waals surface area contributed by atoms with Crippen LogP contribution < -0.4 is 29.6 Å². The van der Waals surface area contributed by atoms with Gasteiger partial charge in [-0.25, -0.2) is 13.2 Å². The fourth-order valence-corrected chi connectivity index (χ4v) is 5.09. The molecule has 0 aromatic heterocycles. The second-order valence-corrected chi connectivity index (χ2v) is 11.2. The van der Waals surface area contributed by atoms with E-state index in [4.69, 9.17) is 9.57 Å². The number of ether oxygens (including phenoxy) is 1. The number of benzene rings is 3. The smallest absolute Gasteiger partial charge is 0.748 e. The monoisotopic (exact) mass is 566 g/mol. The van der Waals surface area contributed by atoms with Gasteiger partial charge in [-0.05, 0) is 36.6 Å². The Morgan fingerprint density at radius 2 is 1.50 bits per heavy atom. The largest absolute Gasteiger partial charge is 1.00 e. The SMILES string of the molecule is CC(CCN1C(=CC=C2C(=O)ON=C2c2ccccc2)OC(c2ccccc2)C1c1ccccc1)S(=O)(=O)[O-].[Na+]. The van der Waals surface area contributed by atoms with Gasteiger partial charge in [-0.3, -0.25) is 0 Å². The quantitative estimate of drug-likeness (QED) is 0.177. The first-order chi connectivity index (χ1) is 18.8. The summed E-state index contributed by atoms with van der Waals surface area (Å²) in [5.74, 6) is -0.145. The van der Waals surface area contributed by atoms with E-state index in [1.807, 2.05) is 95.9 Å². The molecule has 2 heterocycles. The van der Waals surface area contributed by atoms with Crippen LogP contribution in [0.3, 0.4) is 0 Å².